The van der Waals surface area contributed by atoms with Crippen molar-refractivity contribution in [2.45, 2.75) is 24.3 Å². The predicted octanol–water partition coefficient (Wildman–Crippen LogP) is 0.719. The number of benzene rings is 1. The van der Waals surface area contributed by atoms with Crippen LogP contribution in [0.4, 0.5) is 0 Å². The number of ether oxygens (including phenoxy) is 2. The second-order valence-electron chi connectivity index (χ2n) is 3.98. The van der Waals surface area contributed by atoms with Crippen LogP contribution in [0.2, 0.25) is 0 Å². The highest BCUT2D eigenvalue weighted by atomic mass is 32.2. The van der Waals surface area contributed by atoms with Crippen molar-refractivity contribution in [1.82, 2.24) is 4.72 Å². The van der Waals surface area contributed by atoms with E-state index in [-0.39, 0.29) is 23.2 Å². The Kier molecular flexibility index (Phi) is 5.59. The number of hydrogen-bond acceptors (Lipinski definition) is 5. The van der Waals surface area contributed by atoms with E-state index in [4.69, 9.17) is 15.2 Å². The summed E-state index contributed by atoms with van der Waals surface area (Å²) in [7, 11) is -0.749. The van der Waals surface area contributed by atoms with Gasteiger partial charge in [0.2, 0.25) is 10.0 Å². The highest BCUT2D eigenvalue weighted by Gasteiger charge is 2.22. The zero-order valence-electron chi connectivity index (χ0n) is 11.3. The molecular weight excluding hydrogens is 268 g/mol. The molecule has 0 bridgehead atoms. The van der Waals surface area contributed by atoms with E-state index in [9.17, 15) is 8.42 Å². The molecule has 3 N–H and O–H groups in total. The van der Waals surface area contributed by atoms with E-state index < -0.39 is 10.0 Å². The van der Waals surface area contributed by atoms with Crippen LogP contribution in [0.25, 0.3) is 0 Å². The molecule has 1 aromatic rings. The zero-order chi connectivity index (χ0) is 14.5. The molecule has 0 amide bonds. The Morgan fingerprint density at radius 2 is 2.00 bits per heavy atom. The molecule has 0 saturated heterocycles. The molecule has 0 spiro atoms. The van der Waals surface area contributed by atoms with Gasteiger partial charge in [-0.15, -0.1) is 0 Å². The van der Waals surface area contributed by atoms with Crippen LogP contribution in [0, 0.1) is 0 Å². The van der Waals surface area contributed by atoms with Crippen LogP contribution >= 0.6 is 0 Å². The number of rotatable bonds is 7. The summed E-state index contributed by atoms with van der Waals surface area (Å²) < 4.78 is 37.2. The molecule has 0 fully saturated rings. The first kappa shape index (κ1) is 15.7. The topological polar surface area (TPSA) is 90.7 Å². The second-order valence-corrected chi connectivity index (χ2v) is 5.66. The summed E-state index contributed by atoms with van der Waals surface area (Å²) in [4.78, 5) is 0.0719. The van der Waals surface area contributed by atoms with Gasteiger partial charge in [-0.1, -0.05) is 6.92 Å². The van der Waals surface area contributed by atoms with Crippen LogP contribution in [0.3, 0.4) is 0 Å². The summed E-state index contributed by atoms with van der Waals surface area (Å²) >= 11 is 0. The fraction of sp³-hybridized carbons (Fsp3) is 0.500. The van der Waals surface area contributed by atoms with Gasteiger partial charge in [-0.3, -0.25) is 0 Å². The molecule has 1 rings (SSSR count). The van der Waals surface area contributed by atoms with Crippen molar-refractivity contribution in [1.29, 1.82) is 0 Å². The molecule has 0 aliphatic carbocycles. The van der Waals surface area contributed by atoms with Gasteiger partial charge in [0.15, 0.2) is 0 Å². The summed E-state index contributed by atoms with van der Waals surface area (Å²) in [5.41, 5.74) is 5.51. The van der Waals surface area contributed by atoms with Crippen molar-refractivity contribution in [3.05, 3.63) is 18.2 Å². The Hall–Kier alpha value is -1.31. The molecule has 19 heavy (non-hydrogen) atoms. The van der Waals surface area contributed by atoms with E-state index in [0.29, 0.717) is 12.2 Å². The Balaban J connectivity index is 3.13. The molecule has 108 valence electrons. The van der Waals surface area contributed by atoms with E-state index in [0.717, 1.165) is 0 Å². The molecule has 6 nitrogen and oxygen atoms in total. The summed E-state index contributed by atoms with van der Waals surface area (Å²) in [6, 6.07) is 4.25. The van der Waals surface area contributed by atoms with Gasteiger partial charge in [0.05, 0.1) is 14.2 Å². The first-order chi connectivity index (χ1) is 8.98. The molecule has 1 atom stereocenters. The Labute approximate surface area is 113 Å². The average molecular weight is 288 g/mol. The third-order valence-electron chi connectivity index (χ3n) is 2.76. The largest absolute Gasteiger partial charge is 0.497 e. The van der Waals surface area contributed by atoms with Crippen LogP contribution in [0.1, 0.15) is 13.3 Å². The Morgan fingerprint density at radius 3 is 2.47 bits per heavy atom. The molecule has 0 aliphatic rings. The molecule has 0 radical (unpaired) electrons. The molecule has 0 aliphatic heterocycles. The Morgan fingerprint density at radius 1 is 1.32 bits per heavy atom. The van der Waals surface area contributed by atoms with Gasteiger partial charge in [-0.05, 0) is 18.6 Å². The minimum atomic E-state index is -3.66. The third-order valence-corrected chi connectivity index (χ3v) is 4.32. The first-order valence-corrected chi connectivity index (χ1v) is 7.41. The lowest BCUT2D eigenvalue weighted by molar-refractivity contribution is 0.385. The van der Waals surface area contributed by atoms with E-state index in [2.05, 4.69) is 4.72 Å². The standard InChI is InChI=1S/C12H20N2O4S/c1-4-9(8-13)14-19(15,16)12-6-5-10(17-2)7-11(12)18-3/h5-7,9,14H,4,8,13H2,1-3H3. The van der Waals surface area contributed by atoms with Crippen molar-refractivity contribution < 1.29 is 17.9 Å². The molecule has 7 heteroatoms. The smallest absolute Gasteiger partial charge is 0.244 e. The van der Waals surface area contributed by atoms with Gasteiger partial charge in [-0.2, -0.15) is 0 Å². The molecule has 0 heterocycles. The number of hydrogen-bond donors (Lipinski definition) is 2. The molecule has 0 aromatic heterocycles. The summed E-state index contributed by atoms with van der Waals surface area (Å²) in [5, 5.41) is 0. The highest BCUT2D eigenvalue weighted by Crippen LogP contribution is 2.28. The quantitative estimate of drug-likeness (QED) is 0.771. The van der Waals surface area contributed by atoms with E-state index in [1.54, 1.807) is 6.07 Å². The first-order valence-electron chi connectivity index (χ1n) is 5.92. The van der Waals surface area contributed by atoms with Crippen LogP contribution in [0.5, 0.6) is 11.5 Å². The fourth-order valence-electron chi connectivity index (χ4n) is 1.58. The van der Waals surface area contributed by atoms with Gasteiger partial charge >= 0.3 is 0 Å². The zero-order valence-corrected chi connectivity index (χ0v) is 12.2. The van der Waals surface area contributed by atoms with Crippen LogP contribution in [-0.2, 0) is 10.0 Å². The van der Waals surface area contributed by atoms with E-state index >= 15 is 0 Å². The minimum absolute atomic E-state index is 0.0719. The Bertz CT molecular complexity index is 512. The summed E-state index contributed by atoms with van der Waals surface area (Å²) in [5.74, 6) is 0.764. The highest BCUT2D eigenvalue weighted by molar-refractivity contribution is 7.89. The normalized spacial score (nSPS) is 13.1. The molecule has 0 saturated carbocycles. The van der Waals surface area contributed by atoms with Crippen LogP contribution in [0.15, 0.2) is 23.1 Å². The number of sulfonamides is 1. The number of nitrogens with two attached hydrogens (primary N) is 1. The lowest BCUT2D eigenvalue weighted by atomic mass is 10.2. The van der Waals surface area contributed by atoms with Crippen molar-refractivity contribution >= 4 is 10.0 Å². The monoisotopic (exact) mass is 288 g/mol. The summed E-state index contributed by atoms with van der Waals surface area (Å²) in [6.45, 7) is 2.11. The van der Waals surface area contributed by atoms with Crippen LogP contribution < -0.4 is 19.9 Å². The third kappa shape index (κ3) is 3.82. The van der Waals surface area contributed by atoms with E-state index in [1.807, 2.05) is 6.92 Å². The second kappa shape index (κ2) is 6.74. The number of methoxy groups -OCH3 is 2. The SMILES string of the molecule is CCC(CN)NS(=O)(=O)c1ccc(OC)cc1OC. The minimum Gasteiger partial charge on any atom is -0.497 e. The summed E-state index contributed by atoms with van der Waals surface area (Å²) in [6.07, 6.45) is 0.619. The fourth-order valence-corrected chi connectivity index (χ4v) is 3.06. The maximum Gasteiger partial charge on any atom is 0.244 e. The van der Waals surface area contributed by atoms with Gasteiger partial charge in [0, 0.05) is 18.7 Å². The number of nitrogens with one attached hydrogen (secondary N) is 1. The molecule has 1 unspecified atom stereocenters. The van der Waals surface area contributed by atoms with Gasteiger partial charge in [0.1, 0.15) is 16.4 Å². The lowest BCUT2D eigenvalue weighted by Crippen LogP contribution is -2.39. The van der Waals surface area contributed by atoms with Crippen molar-refractivity contribution in [3.63, 3.8) is 0 Å². The van der Waals surface area contributed by atoms with Crippen molar-refractivity contribution in [2.24, 2.45) is 5.73 Å². The average Bonchev–Trinajstić information content (AvgIpc) is 2.43. The van der Waals surface area contributed by atoms with Gasteiger partial charge in [-0.25, -0.2) is 13.1 Å². The molecule has 1 aromatic carbocycles. The maximum atomic E-state index is 12.3. The van der Waals surface area contributed by atoms with Gasteiger partial charge in [0.25, 0.3) is 0 Å². The lowest BCUT2D eigenvalue weighted by Gasteiger charge is -2.16. The van der Waals surface area contributed by atoms with Gasteiger partial charge < -0.3 is 15.2 Å². The molecular formula is C12H20N2O4S. The van der Waals surface area contributed by atoms with Crippen molar-refractivity contribution in [3.8, 4) is 11.5 Å². The van der Waals surface area contributed by atoms with E-state index in [1.165, 1.54) is 26.4 Å². The van der Waals surface area contributed by atoms with Crippen molar-refractivity contribution in [2.75, 3.05) is 20.8 Å². The van der Waals surface area contributed by atoms with Crippen LogP contribution in [-0.4, -0.2) is 35.2 Å². The predicted molar refractivity (Wildman–Crippen MR) is 73.0 cm³/mol. The maximum absolute atomic E-state index is 12.3.